The lowest BCUT2D eigenvalue weighted by Crippen LogP contribution is -2.25. The molecule has 2 rings (SSSR count). The Hall–Kier alpha value is -1.42. The maximum atomic E-state index is 13.2. The van der Waals surface area contributed by atoms with Crippen LogP contribution < -0.4 is 5.73 Å². The number of aromatic nitrogens is 2. The molecule has 0 fully saturated rings. The first-order chi connectivity index (χ1) is 8.04. The number of hydrogen-bond acceptors (Lipinski definition) is 2. The lowest BCUT2D eigenvalue weighted by molar-refractivity contribution is 0.551. The third-order valence-corrected chi connectivity index (χ3v) is 3.25. The number of imidazole rings is 1. The van der Waals surface area contributed by atoms with Crippen LogP contribution in [0, 0.1) is 5.82 Å². The molecule has 0 saturated heterocycles. The van der Waals surface area contributed by atoms with E-state index in [4.69, 9.17) is 5.73 Å². The smallest absolute Gasteiger partial charge is 0.125 e. The molecule has 0 aliphatic rings. The molecule has 0 amide bonds. The Morgan fingerprint density at radius 2 is 2.12 bits per heavy atom. The molecular weight excluding hydrogens is 217 g/mol. The fourth-order valence-electron chi connectivity index (χ4n) is 2.04. The molecule has 4 heteroatoms. The molecule has 92 valence electrons. The summed E-state index contributed by atoms with van der Waals surface area (Å²) in [4.78, 5) is 4.51. The average Bonchev–Trinajstić information content (AvgIpc) is 2.64. The van der Waals surface area contributed by atoms with Gasteiger partial charge in [0.05, 0.1) is 11.0 Å². The zero-order valence-corrected chi connectivity index (χ0v) is 10.4. The lowest BCUT2D eigenvalue weighted by Gasteiger charge is -2.16. The summed E-state index contributed by atoms with van der Waals surface area (Å²) in [7, 11) is 0. The van der Waals surface area contributed by atoms with Crippen molar-refractivity contribution in [1.29, 1.82) is 0 Å². The van der Waals surface area contributed by atoms with Crippen molar-refractivity contribution in [3.05, 3.63) is 29.8 Å². The van der Waals surface area contributed by atoms with E-state index < -0.39 is 0 Å². The predicted octanol–water partition coefficient (Wildman–Crippen LogP) is 2.65. The molecule has 2 unspecified atom stereocenters. The van der Waals surface area contributed by atoms with E-state index >= 15 is 0 Å². The van der Waals surface area contributed by atoms with Crippen molar-refractivity contribution in [2.45, 2.75) is 39.3 Å². The van der Waals surface area contributed by atoms with E-state index in [2.05, 4.69) is 16.5 Å². The molecule has 1 aromatic carbocycles. The first-order valence-corrected chi connectivity index (χ1v) is 5.95. The zero-order chi connectivity index (χ0) is 12.6. The number of benzene rings is 1. The van der Waals surface area contributed by atoms with Crippen molar-refractivity contribution in [1.82, 2.24) is 9.55 Å². The number of nitrogens with two attached hydrogens (primary N) is 1. The van der Waals surface area contributed by atoms with E-state index in [1.165, 1.54) is 12.1 Å². The van der Waals surface area contributed by atoms with Gasteiger partial charge in [0.15, 0.2) is 0 Å². The molecule has 3 nitrogen and oxygen atoms in total. The van der Waals surface area contributed by atoms with Gasteiger partial charge in [-0.25, -0.2) is 9.37 Å². The summed E-state index contributed by atoms with van der Waals surface area (Å²) < 4.78 is 15.3. The van der Waals surface area contributed by atoms with E-state index in [-0.39, 0.29) is 17.8 Å². The van der Waals surface area contributed by atoms with Gasteiger partial charge in [0, 0.05) is 24.6 Å². The third kappa shape index (κ3) is 2.05. The first kappa shape index (κ1) is 12.0. The van der Waals surface area contributed by atoms with Gasteiger partial charge in [0.25, 0.3) is 0 Å². The molecule has 2 atom stereocenters. The summed E-state index contributed by atoms with van der Waals surface area (Å²) in [6.07, 6.45) is 0. The van der Waals surface area contributed by atoms with Crippen LogP contribution in [0.1, 0.15) is 32.5 Å². The highest BCUT2D eigenvalue weighted by Crippen LogP contribution is 2.24. The molecule has 0 saturated carbocycles. The van der Waals surface area contributed by atoms with Crippen LogP contribution in [0.3, 0.4) is 0 Å². The van der Waals surface area contributed by atoms with Crippen LogP contribution >= 0.6 is 0 Å². The normalized spacial score (nSPS) is 15.1. The predicted molar refractivity (Wildman–Crippen MR) is 67.4 cm³/mol. The molecule has 0 spiro atoms. The van der Waals surface area contributed by atoms with Gasteiger partial charge >= 0.3 is 0 Å². The van der Waals surface area contributed by atoms with Gasteiger partial charge in [-0.15, -0.1) is 0 Å². The van der Waals surface area contributed by atoms with Crippen LogP contribution in [-0.2, 0) is 6.54 Å². The summed E-state index contributed by atoms with van der Waals surface area (Å²) in [6, 6.07) is 4.75. The Bertz CT molecular complexity index is 531. The molecule has 0 aliphatic heterocycles. The molecule has 2 aromatic rings. The van der Waals surface area contributed by atoms with Crippen LogP contribution in [-0.4, -0.2) is 15.6 Å². The van der Waals surface area contributed by atoms with Gasteiger partial charge < -0.3 is 10.3 Å². The molecule has 0 aliphatic carbocycles. The van der Waals surface area contributed by atoms with Crippen molar-refractivity contribution in [2.24, 2.45) is 5.73 Å². The van der Waals surface area contributed by atoms with Gasteiger partial charge in [-0.2, -0.15) is 0 Å². The minimum atomic E-state index is -0.252. The molecule has 0 bridgehead atoms. The summed E-state index contributed by atoms with van der Waals surface area (Å²) in [5, 5.41) is 0. The maximum Gasteiger partial charge on any atom is 0.125 e. The number of halogens is 1. The molecule has 1 heterocycles. The highest BCUT2D eigenvalue weighted by molar-refractivity contribution is 5.76. The SMILES string of the molecule is CCn1c(C(C)C(C)N)nc2cc(F)ccc21. The fraction of sp³-hybridized carbons (Fsp3) is 0.462. The standard InChI is InChI=1S/C13H18FN3/c1-4-17-12-6-5-10(14)7-11(12)16-13(17)8(2)9(3)15/h5-9H,4,15H2,1-3H3. The number of nitrogens with zero attached hydrogens (tertiary/aromatic N) is 2. The molecule has 0 radical (unpaired) electrons. The molecular formula is C13H18FN3. The summed E-state index contributed by atoms with van der Waals surface area (Å²) in [6.45, 7) is 6.88. The second kappa shape index (κ2) is 4.45. The van der Waals surface area contributed by atoms with Gasteiger partial charge in [0.1, 0.15) is 11.6 Å². The van der Waals surface area contributed by atoms with Gasteiger partial charge in [0.2, 0.25) is 0 Å². The minimum Gasteiger partial charge on any atom is -0.328 e. The zero-order valence-electron chi connectivity index (χ0n) is 10.4. The Morgan fingerprint density at radius 1 is 1.41 bits per heavy atom. The van der Waals surface area contributed by atoms with Crippen molar-refractivity contribution in [3.63, 3.8) is 0 Å². The lowest BCUT2D eigenvalue weighted by atomic mass is 10.0. The Morgan fingerprint density at radius 3 is 2.71 bits per heavy atom. The Balaban J connectivity index is 2.63. The van der Waals surface area contributed by atoms with Gasteiger partial charge in [-0.3, -0.25) is 0 Å². The van der Waals surface area contributed by atoms with Crippen LogP contribution in [0.5, 0.6) is 0 Å². The van der Waals surface area contributed by atoms with Gasteiger partial charge in [-0.1, -0.05) is 6.92 Å². The average molecular weight is 235 g/mol. The summed E-state index contributed by atoms with van der Waals surface area (Å²) >= 11 is 0. The molecule has 2 N–H and O–H groups in total. The van der Waals surface area contributed by atoms with Crippen LogP contribution in [0.25, 0.3) is 11.0 Å². The van der Waals surface area contributed by atoms with E-state index in [1.807, 2.05) is 13.8 Å². The van der Waals surface area contributed by atoms with Crippen molar-refractivity contribution >= 4 is 11.0 Å². The number of fused-ring (bicyclic) bond motifs is 1. The van der Waals surface area contributed by atoms with Crippen molar-refractivity contribution < 1.29 is 4.39 Å². The van der Waals surface area contributed by atoms with E-state index in [0.717, 1.165) is 17.9 Å². The summed E-state index contributed by atoms with van der Waals surface area (Å²) in [5.74, 6) is 0.840. The minimum absolute atomic E-state index is 0.0296. The monoisotopic (exact) mass is 235 g/mol. The second-order valence-electron chi connectivity index (χ2n) is 4.50. The Kier molecular flexibility index (Phi) is 3.15. The highest BCUT2D eigenvalue weighted by atomic mass is 19.1. The fourth-order valence-corrected chi connectivity index (χ4v) is 2.04. The van der Waals surface area contributed by atoms with Crippen LogP contribution in [0.2, 0.25) is 0 Å². The van der Waals surface area contributed by atoms with Gasteiger partial charge in [-0.05, 0) is 26.0 Å². The van der Waals surface area contributed by atoms with E-state index in [9.17, 15) is 4.39 Å². The topological polar surface area (TPSA) is 43.8 Å². The second-order valence-corrected chi connectivity index (χ2v) is 4.50. The number of rotatable bonds is 3. The van der Waals surface area contributed by atoms with Crippen molar-refractivity contribution in [3.8, 4) is 0 Å². The maximum absolute atomic E-state index is 13.2. The molecule has 1 aromatic heterocycles. The molecule has 17 heavy (non-hydrogen) atoms. The van der Waals surface area contributed by atoms with Crippen LogP contribution in [0.15, 0.2) is 18.2 Å². The quantitative estimate of drug-likeness (QED) is 0.888. The third-order valence-electron chi connectivity index (χ3n) is 3.25. The Labute approximate surface area is 100 Å². The van der Waals surface area contributed by atoms with E-state index in [0.29, 0.717) is 5.52 Å². The summed E-state index contributed by atoms with van der Waals surface area (Å²) in [5.41, 5.74) is 7.59. The number of aryl methyl sites for hydroxylation is 1. The number of hydrogen-bond donors (Lipinski definition) is 1. The largest absolute Gasteiger partial charge is 0.328 e. The highest BCUT2D eigenvalue weighted by Gasteiger charge is 2.18. The van der Waals surface area contributed by atoms with Crippen molar-refractivity contribution in [2.75, 3.05) is 0 Å². The van der Waals surface area contributed by atoms with Crippen LogP contribution in [0.4, 0.5) is 4.39 Å². The first-order valence-electron chi connectivity index (χ1n) is 5.95. The van der Waals surface area contributed by atoms with E-state index in [1.54, 1.807) is 6.07 Å².